The molecule has 2 atom stereocenters. The summed E-state index contributed by atoms with van der Waals surface area (Å²) in [5, 5.41) is 11.7. The van der Waals surface area contributed by atoms with Gasteiger partial charge in [0.1, 0.15) is 6.04 Å². The van der Waals surface area contributed by atoms with E-state index in [-0.39, 0.29) is 18.2 Å². The standard InChI is InChI=1S/C23H28ClF3N6O2.C2H6/c1-4-33(22(35)29-13-19(23(25,26)27)31(3)10-11-34)15(2)16-6-5-7-17(12-16)18-14-32-9-8-28-21(32)20(24)30-18;1-2/h5-9,12,14-15,19,34H,4,10-11,13H2,1-3H3,(H,29,35);1-2H3. The normalized spacial score (nSPS) is 13.2. The molecule has 0 saturated heterocycles. The van der Waals surface area contributed by atoms with E-state index in [2.05, 4.69) is 15.3 Å². The molecule has 3 aromatic rings. The van der Waals surface area contributed by atoms with Crippen molar-refractivity contribution >= 4 is 23.3 Å². The van der Waals surface area contributed by atoms with Crippen LogP contribution in [0.25, 0.3) is 16.9 Å². The van der Waals surface area contributed by atoms with E-state index in [0.29, 0.717) is 11.3 Å². The molecule has 0 saturated carbocycles. The maximum atomic E-state index is 13.5. The smallest absolute Gasteiger partial charge is 0.395 e. The highest BCUT2D eigenvalue weighted by atomic mass is 35.5. The number of rotatable bonds is 9. The molecule has 0 fully saturated rings. The van der Waals surface area contributed by atoms with Gasteiger partial charge in [-0.15, -0.1) is 0 Å². The summed E-state index contributed by atoms with van der Waals surface area (Å²) in [4.78, 5) is 23.8. The molecule has 2 heterocycles. The number of nitrogens with one attached hydrogen (secondary N) is 1. The first kappa shape index (κ1) is 30.3. The zero-order chi connectivity index (χ0) is 27.8. The number of carbonyl (C=O) groups excluding carboxylic acids is 1. The Kier molecular flexibility index (Phi) is 11.1. The number of aromatic nitrogens is 3. The van der Waals surface area contributed by atoms with Gasteiger partial charge in [-0.05, 0) is 32.5 Å². The van der Waals surface area contributed by atoms with Gasteiger partial charge in [0.2, 0.25) is 0 Å². The SMILES string of the molecule is CC.CCN(C(=O)NCC(N(C)CCO)C(F)(F)F)C(C)c1cccc(-c2cn3ccnc3c(Cl)n2)c1. The largest absolute Gasteiger partial charge is 0.405 e. The van der Waals surface area contributed by atoms with Gasteiger partial charge in [-0.25, -0.2) is 14.8 Å². The number of carbonyl (C=O) groups is 1. The lowest BCUT2D eigenvalue weighted by atomic mass is 10.0. The molecule has 204 valence electrons. The van der Waals surface area contributed by atoms with Crippen molar-refractivity contribution in [3.05, 3.63) is 53.6 Å². The van der Waals surface area contributed by atoms with Gasteiger partial charge < -0.3 is 19.7 Å². The third-order valence-electron chi connectivity index (χ3n) is 5.88. The summed E-state index contributed by atoms with van der Waals surface area (Å²) in [5.74, 6) is 0. The van der Waals surface area contributed by atoms with Crippen LogP contribution >= 0.6 is 11.6 Å². The highest BCUT2D eigenvalue weighted by Gasteiger charge is 2.42. The van der Waals surface area contributed by atoms with Crippen molar-refractivity contribution in [3.8, 4) is 11.3 Å². The summed E-state index contributed by atoms with van der Waals surface area (Å²) in [5.41, 5.74) is 2.71. The maximum absolute atomic E-state index is 13.5. The minimum absolute atomic E-state index is 0.163. The zero-order valence-corrected chi connectivity index (χ0v) is 22.4. The molecule has 0 aliphatic heterocycles. The van der Waals surface area contributed by atoms with Crippen LogP contribution in [0.5, 0.6) is 0 Å². The van der Waals surface area contributed by atoms with E-state index in [0.717, 1.165) is 16.0 Å². The number of aliphatic hydroxyl groups is 1. The quantitative estimate of drug-likeness (QED) is 0.396. The number of hydrogen-bond donors (Lipinski definition) is 2. The minimum atomic E-state index is -4.56. The zero-order valence-electron chi connectivity index (χ0n) is 21.6. The number of fused-ring (bicyclic) bond motifs is 1. The Morgan fingerprint density at radius 1 is 1.30 bits per heavy atom. The lowest BCUT2D eigenvalue weighted by molar-refractivity contribution is -0.179. The number of nitrogens with zero attached hydrogens (tertiary/aromatic N) is 5. The van der Waals surface area contributed by atoms with E-state index < -0.39 is 37.4 Å². The first-order chi connectivity index (χ1) is 17.6. The van der Waals surface area contributed by atoms with Crippen LogP contribution in [0.3, 0.4) is 0 Å². The summed E-state index contributed by atoms with van der Waals surface area (Å²) in [6.45, 7) is 6.64. The third-order valence-corrected chi connectivity index (χ3v) is 6.13. The van der Waals surface area contributed by atoms with E-state index >= 15 is 0 Å². The predicted octanol–water partition coefficient (Wildman–Crippen LogP) is 5.02. The second kappa shape index (κ2) is 13.6. The van der Waals surface area contributed by atoms with Gasteiger partial charge in [0.05, 0.1) is 18.3 Å². The number of halogens is 4. The van der Waals surface area contributed by atoms with Gasteiger partial charge in [0.15, 0.2) is 10.8 Å². The summed E-state index contributed by atoms with van der Waals surface area (Å²) >= 11 is 6.25. The Labute approximate surface area is 220 Å². The topological polar surface area (TPSA) is 86.0 Å². The van der Waals surface area contributed by atoms with Gasteiger partial charge in [-0.2, -0.15) is 13.2 Å². The first-order valence-corrected chi connectivity index (χ1v) is 12.5. The Bertz CT molecular complexity index is 1160. The Hall–Kier alpha value is -2.89. The van der Waals surface area contributed by atoms with Crippen molar-refractivity contribution in [1.29, 1.82) is 0 Å². The molecule has 2 N–H and O–H groups in total. The highest BCUT2D eigenvalue weighted by Crippen LogP contribution is 2.28. The summed E-state index contributed by atoms with van der Waals surface area (Å²) in [6.07, 6.45) is 0.614. The highest BCUT2D eigenvalue weighted by molar-refractivity contribution is 6.32. The van der Waals surface area contributed by atoms with Gasteiger partial charge in [0, 0.05) is 43.8 Å². The van der Waals surface area contributed by atoms with Crippen LogP contribution in [0.4, 0.5) is 18.0 Å². The van der Waals surface area contributed by atoms with Crippen LogP contribution in [-0.4, -0.2) is 80.8 Å². The predicted molar refractivity (Wildman–Crippen MR) is 139 cm³/mol. The second-order valence-corrected chi connectivity index (χ2v) is 8.47. The average molecular weight is 543 g/mol. The molecule has 0 aliphatic carbocycles. The fraction of sp³-hybridized carbons (Fsp3) is 0.480. The van der Waals surface area contributed by atoms with E-state index in [9.17, 15) is 18.0 Å². The molecule has 0 bridgehead atoms. The fourth-order valence-electron chi connectivity index (χ4n) is 3.88. The van der Waals surface area contributed by atoms with Crippen molar-refractivity contribution in [3.63, 3.8) is 0 Å². The van der Waals surface area contributed by atoms with Crippen molar-refractivity contribution in [2.45, 2.75) is 46.0 Å². The second-order valence-electron chi connectivity index (χ2n) is 8.11. The number of likely N-dealkylation sites (N-methyl/N-ethyl adjacent to an activating group) is 1. The van der Waals surface area contributed by atoms with Crippen LogP contribution in [0.15, 0.2) is 42.9 Å². The van der Waals surface area contributed by atoms with Crippen molar-refractivity contribution in [1.82, 2.24) is 29.5 Å². The molecule has 0 radical (unpaired) electrons. The molecule has 37 heavy (non-hydrogen) atoms. The summed E-state index contributed by atoms with van der Waals surface area (Å²) < 4.78 is 42.1. The van der Waals surface area contributed by atoms with Crippen molar-refractivity contribution < 1.29 is 23.1 Å². The van der Waals surface area contributed by atoms with Crippen LogP contribution in [0, 0.1) is 0 Å². The maximum Gasteiger partial charge on any atom is 0.405 e. The number of hydrogen-bond acceptors (Lipinski definition) is 5. The number of amides is 2. The Morgan fingerprint density at radius 2 is 2.00 bits per heavy atom. The number of imidazole rings is 1. The van der Waals surface area contributed by atoms with E-state index in [4.69, 9.17) is 16.7 Å². The first-order valence-electron chi connectivity index (χ1n) is 12.1. The minimum Gasteiger partial charge on any atom is -0.395 e. The third kappa shape index (κ3) is 7.56. The van der Waals surface area contributed by atoms with Crippen LogP contribution in [0.2, 0.25) is 5.15 Å². The molecular weight excluding hydrogens is 509 g/mol. The molecule has 0 aliphatic rings. The van der Waals surface area contributed by atoms with Gasteiger partial charge in [-0.1, -0.05) is 43.6 Å². The van der Waals surface area contributed by atoms with E-state index in [1.165, 1.54) is 11.9 Å². The number of urea groups is 1. The average Bonchev–Trinajstić information content (AvgIpc) is 3.35. The molecule has 2 amide bonds. The Morgan fingerprint density at radius 3 is 2.62 bits per heavy atom. The van der Waals surface area contributed by atoms with Crippen LogP contribution < -0.4 is 5.32 Å². The number of alkyl halides is 3. The lowest BCUT2D eigenvalue weighted by Gasteiger charge is -2.32. The van der Waals surface area contributed by atoms with Gasteiger partial charge in [0.25, 0.3) is 0 Å². The summed E-state index contributed by atoms with van der Waals surface area (Å²) in [6, 6.07) is 4.45. The molecule has 12 heteroatoms. The lowest BCUT2D eigenvalue weighted by Crippen LogP contribution is -2.53. The number of aliphatic hydroxyl groups excluding tert-OH is 1. The monoisotopic (exact) mass is 542 g/mol. The summed E-state index contributed by atoms with van der Waals surface area (Å²) in [7, 11) is 1.26. The van der Waals surface area contributed by atoms with Gasteiger partial charge in [-0.3, -0.25) is 4.90 Å². The molecule has 3 rings (SSSR count). The van der Waals surface area contributed by atoms with Crippen molar-refractivity contribution in [2.75, 3.05) is 33.3 Å². The molecule has 0 spiro atoms. The fourth-order valence-corrected chi connectivity index (χ4v) is 4.12. The van der Waals surface area contributed by atoms with E-state index in [1.807, 2.05) is 38.1 Å². The van der Waals surface area contributed by atoms with Gasteiger partial charge >= 0.3 is 12.2 Å². The molecule has 2 aromatic heterocycles. The molecule has 2 unspecified atom stereocenters. The van der Waals surface area contributed by atoms with Crippen LogP contribution in [0.1, 0.15) is 39.3 Å². The van der Waals surface area contributed by atoms with Crippen LogP contribution in [-0.2, 0) is 0 Å². The Balaban J connectivity index is 0.00000235. The molecule has 8 nitrogen and oxygen atoms in total. The van der Waals surface area contributed by atoms with E-state index in [1.54, 1.807) is 36.8 Å². The van der Waals surface area contributed by atoms with Crippen molar-refractivity contribution in [2.24, 2.45) is 0 Å². The molecule has 1 aromatic carbocycles. The molecular formula is C25H34ClF3N6O2. The number of benzene rings is 1.